The van der Waals surface area contributed by atoms with Crippen LogP contribution in [0.1, 0.15) is 72.2 Å². The number of aromatic nitrogens is 3. The summed E-state index contributed by atoms with van der Waals surface area (Å²) in [5.41, 5.74) is 19.6. The summed E-state index contributed by atoms with van der Waals surface area (Å²) in [7, 11) is 12.9. The molecule has 0 aliphatic carbocycles. The van der Waals surface area contributed by atoms with Gasteiger partial charge in [-0.15, -0.1) is 0 Å². The highest BCUT2D eigenvalue weighted by Gasteiger charge is 2.40. The van der Waals surface area contributed by atoms with E-state index < -0.39 is 0 Å². The van der Waals surface area contributed by atoms with Gasteiger partial charge >= 0.3 is 0 Å². The molecule has 0 radical (unpaired) electrons. The maximum absolute atomic E-state index is 5.39. The molecule has 0 unspecified atom stereocenters. The van der Waals surface area contributed by atoms with Crippen molar-refractivity contribution in [1.82, 2.24) is 29.7 Å². The Labute approximate surface area is 448 Å². The van der Waals surface area contributed by atoms with Crippen molar-refractivity contribution < 1.29 is 0 Å². The minimum atomic E-state index is -0.277. The molecule has 0 atom stereocenters. The fourth-order valence-corrected chi connectivity index (χ4v) is 11.4. The lowest BCUT2D eigenvalue weighted by Gasteiger charge is -2.44. The van der Waals surface area contributed by atoms with Gasteiger partial charge in [0.1, 0.15) is 0 Å². The van der Waals surface area contributed by atoms with Crippen LogP contribution in [0.25, 0.3) is 34.2 Å². The van der Waals surface area contributed by atoms with Crippen molar-refractivity contribution in [3.05, 3.63) is 196 Å². The molecule has 0 bridgehead atoms. The largest absolute Gasteiger partial charge is 0.310 e. The van der Waals surface area contributed by atoms with Crippen LogP contribution in [0.4, 0.5) is 34.1 Å². The first-order valence-corrected chi connectivity index (χ1v) is 27.4. The lowest BCUT2D eigenvalue weighted by atomic mass is 9.72. The first-order chi connectivity index (χ1) is 35.6. The van der Waals surface area contributed by atoms with Crippen molar-refractivity contribution in [2.75, 3.05) is 77.1 Å². The average molecular weight is 1040 g/mol. The van der Waals surface area contributed by atoms with Crippen molar-refractivity contribution in [1.29, 1.82) is 0 Å². The van der Waals surface area contributed by atoms with Gasteiger partial charge in [-0.3, -0.25) is 0 Å². The summed E-state index contributed by atoms with van der Waals surface area (Å²) in [5, 5.41) is 0.901. The van der Waals surface area contributed by atoms with E-state index in [9.17, 15) is 0 Å². The molecule has 0 saturated carbocycles. The molecule has 2 aliphatic rings. The van der Waals surface area contributed by atoms with Crippen LogP contribution in [-0.2, 0) is 36.5 Å². The molecule has 9 heteroatoms. The van der Waals surface area contributed by atoms with E-state index in [1.165, 1.54) is 67.3 Å². The van der Waals surface area contributed by atoms with Crippen LogP contribution < -0.4 is 9.80 Å². The fourth-order valence-electron chi connectivity index (χ4n) is 10.9. The van der Waals surface area contributed by atoms with Crippen molar-refractivity contribution in [2.24, 2.45) is 0 Å². The molecule has 8 aromatic rings. The normalized spacial score (nSPS) is 14.3. The second kappa shape index (κ2) is 21.0. The Morgan fingerprint density at radius 1 is 0.378 bits per heavy atom. The third-order valence-electron chi connectivity index (χ3n) is 15.2. The number of nitrogens with zero attached hydrogens (tertiary/aromatic N) is 8. The number of anilines is 6. The third kappa shape index (κ3) is 10.2. The number of fused-ring (bicyclic) bond motifs is 4. The zero-order valence-corrected chi connectivity index (χ0v) is 46.6. The summed E-state index contributed by atoms with van der Waals surface area (Å²) < 4.78 is 0. The zero-order chi connectivity index (χ0) is 51.9. The van der Waals surface area contributed by atoms with E-state index in [1.807, 2.05) is 36.4 Å². The molecular weight excluding hydrogens is 973 g/mol. The van der Waals surface area contributed by atoms with Crippen LogP contribution in [0, 0.1) is 0 Å². The van der Waals surface area contributed by atoms with Gasteiger partial charge in [-0.2, -0.15) is 0 Å². The molecule has 0 fully saturated rings. The zero-order valence-electron chi connectivity index (χ0n) is 45.0. The number of alkyl halides is 1. The van der Waals surface area contributed by atoms with E-state index >= 15 is 0 Å². The SMILES string of the molecule is CN(C)CCc1ccc2c(c1)C(C)(C)c1cc(CCBr)ccc1N2c1cc(-c2nc(-c3ccccc3)nc(-c3ccccc3)n2)cc(N2c3ccc(CCN(C)C)cc3C(C)(C)c3cc(CCN(C)C)ccc32)c1. The summed E-state index contributed by atoms with van der Waals surface area (Å²) in [4.78, 5) is 27.8. The maximum Gasteiger partial charge on any atom is 0.164 e. The van der Waals surface area contributed by atoms with Crippen molar-refractivity contribution >= 4 is 50.1 Å². The molecule has 74 heavy (non-hydrogen) atoms. The van der Waals surface area contributed by atoms with Crippen LogP contribution in [0.5, 0.6) is 0 Å². The minimum absolute atomic E-state index is 0.271. The molecular formula is C65H71BrN8. The summed E-state index contributed by atoms with van der Waals surface area (Å²) in [6.07, 6.45) is 3.86. The Bertz CT molecular complexity index is 3180. The van der Waals surface area contributed by atoms with E-state index in [1.54, 1.807) is 0 Å². The standard InChI is InChI=1S/C65H71BrN8/c1-64(2)53-37-44(29-33-66)21-25-57(53)73(58-26-22-45(38-54(58)64)30-34-70(5)6)51-41-50(63-68-61(48-17-13-11-14-18-48)67-62(69-63)49-19-15-12-16-20-49)42-52(43-51)74-59-27-23-46(31-35-71(7)8)39-55(59)65(3,4)56-40-47(24-28-60(56)74)32-36-72(9)10/h11-28,37-43H,29-36H2,1-10H3. The minimum Gasteiger partial charge on any atom is -0.310 e. The summed E-state index contributed by atoms with van der Waals surface area (Å²) in [6, 6.07) is 56.3. The maximum atomic E-state index is 5.39. The topological polar surface area (TPSA) is 54.9 Å². The van der Waals surface area contributed by atoms with Crippen LogP contribution in [0.2, 0.25) is 0 Å². The van der Waals surface area contributed by atoms with Gasteiger partial charge in [0, 0.05) is 63.9 Å². The lowest BCUT2D eigenvalue weighted by molar-refractivity contribution is 0.413. The number of aryl methyl sites for hydroxylation is 1. The second-order valence-corrected chi connectivity index (χ2v) is 23.0. The molecule has 0 N–H and O–H groups in total. The number of hydrogen-bond acceptors (Lipinski definition) is 8. The predicted molar refractivity (Wildman–Crippen MR) is 314 cm³/mol. The molecule has 0 saturated heterocycles. The molecule has 0 spiro atoms. The van der Waals surface area contributed by atoms with Crippen molar-refractivity contribution in [2.45, 2.75) is 64.2 Å². The van der Waals surface area contributed by atoms with E-state index in [4.69, 9.17) is 15.0 Å². The number of benzene rings is 7. The number of halogens is 1. The highest BCUT2D eigenvalue weighted by atomic mass is 79.9. The highest BCUT2D eigenvalue weighted by Crippen LogP contribution is 2.56. The Morgan fingerprint density at radius 2 is 0.689 bits per heavy atom. The van der Waals surface area contributed by atoms with Gasteiger partial charge in [-0.1, -0.05) is 153 Å². The van der Waals surface area contributed by atoms with Gasteiger partial charge in [0.2, 0.25) is 0 Å². The van der Waals surface area contributed by atoms with Crippen LogP contribution in [0.3, 0.4) is 0 Å². The average Bonchev–Trinajstić information content (AvgIpc) is 3.40. The molecule has 3 heterocycles. The van der Waals surface area contributed by atoms with Crippen LogP contribution in [0.15, 0.2) is 152 Å². The van der Waals surface area contributed by atoms with Gasteiger partial charge < -0.3 is 24.5 Å². The smallest absolute Gasteiger partial charge is 0.164 e. The van der Waals surface area contributed by atoms with Gasteiger partial charge in [-0.25, -0.2) is 15.0 Å². The molecule has 0 amide bonds. The molecule has 8 nitrogen and oxygen atoms in total. The molecule has 378 valence electrons. The lowest BCUT2D eigenvalue weighted by Crippen LogP contribution is -2.32. The first-order valence-electron chi connectivity index (χ1n) is 26.3. The summed E-state index contributed by atoms with van der Waals surface area (Å²) in [6.45, 7) is 12.6. The quantitative estimate of drug-likeness (QED) is 0.0888. The number of likely N-dealkylation sites (N-methyl/N-ethyl adjacent to an activating group) is 3. The van der Waals surface area contributed by atoms with Gasteiger partial charge in [0.05, 0.1) is 22.7 Å². The fraction of sp³-hybridized carbons (Fsp3) is 0.308. The number of rotatable bonds is 16. The van der Waals surface area contributed by atoms with Gasteiger partial charge in [0.25, 0.3) is 0 Å². The van der Waals surface area contributed by atoms with E-state index in [0.29, 0.717) is 17.5 Å². The first kappa shape index (κ1) is 51.0. The van der Waals surface area contributed by atoms with E-state index in [-0.39, 0.29) is 10.8 Å². The van der Waals surface area contributed by atoms with E-state index in [2.05, 4.69) is 226 Å². The number of hydrogen-bond donors (Lipinski definition) is 0. The van der Waals surface area contributed by atoms with Crippen LogP contribution in [-0.4, -0.2) is 96.9 Å². The van der Waals surface area contributed by atoms with Crippen molar-refractivity contribution in [3.63, 3.8) is 0 Å². The molecule has 2 aliphatic heterocycles. The van der Waals surface area contributed by atoms with Gasteiger partial charge in [-0.05, 0) is 155 Å². The molecule has 7 aromatic carbocycles. The van der Waals surface area contributed by atoms with E-state index in [0.717, 1.165) is 78.7 Å². The van der Waals surface area contributed by atoms with Crippen molar-refractivity contribution in [3.8, 4) is 34.2 Å². The Kier molecular flexibility index (Phi) is 14.5. The van der Waals surface area contributed by atoms with Crippen LogP contribution >= 0.6 is 15.9 Å². The van der Waals surface area contributed by atoms with Gasteiger partial charge in [0.15, 0.2) is 17.5 Å². The Balaban J connectivity index is 1.27. The Morgan fingerprint density at radius 3 is 1.00 bits per heavy atom. The third-order valence-corrected chi connectivity index (χ3v) is 15.6. The summed E-state index contributed by atoms with van der Waals surface area (Å²) >= 11 is 3.76. The monoisotopic (exact) mass is 1040 g/mol. The summed E-state index contributed by atoms with van der Waals surface area (Å²) in [5.74, 6) is 1.88. The molecule has 1 aromatic heterocycles. The highest BCUT2D eigenvalue weighted by molar-refractivity contribution is 9.09. The second-order valence-electron chi connectivity index (χ2n) is 22.2. The molecule has 10 rings (SSSR count). The predicted octanol–water partition coefficient (Wildman–Crippen LogP) is 14.3. The Hall–Kier alpha value is -6.49.